The van der Waals surface area contributed by atoms with Crippen LogP contribution >= 0.6 is 0 Å². The van der Waals surface area contributed by atoms with E-state index in [-0.39, 0.29) is 16.1 Å². The van der Waals surface area contributed by atoms with Crippen molar-refractivity contribution < 1.29 is 10.1 Å². The zero-order valence-corrected chi connectivity index (χ0v) is 8.50. The van der Waals surface area contributed by atoms with E-state index in [1.165, 1.54) is 6.92 Å². The fourth-order valence-electron chi connectivity index (χ4n) is 1.44. The molecule has 2 heterocycles. The van der Waals surface area contributed by atoms with Gasteiger partial charge >= 0.3 is 16.8 Å². The van der Waals surface area contributed by atoms with Crippen LogP contribution < -0.4 is 11.1 Å². The van der Waals surface area contributed by atoms with Crippen molar-refractivity contribution in [1.82, 2.24) is 14.7 Å². The van der Waals surface area contributed by atoms with E-state index in [1.807, 2.05) is 0 Å². The Labute approximate surface area is 92.1 Å². The maximum Gasteiger partial charge on any atom is 0.349 e. The number of fused-ring (bicyclic) bond motifs is 1. The second kappa shape index (κ2) is 3.40. The summed E-state index contributed by atoms with van der Waals surface area (Å²) in [6.45, 7) is 1.48. The number of aromatic nitrogens is 3. The molecule has 0 unspecified atom stereocenters. The summed E-state index contributed by atoms with van der Waals surface area (Å²) in [5, 5.41) is 20.2. The molecule has 0 atom stereocenters. The number of aromatic amines is 1. The van der Waals surface area contributed by atoms with Gasteiger partial charge in [-0.1, -0.05) is 0 Å². The van der Waals surface area contributed by atoms with Crippen molar-refractivity contribution in [2.45, 2.75) is 6.92 Å². The SMILES string of the molecule is Cc1cc([N+](=O)[O-])c2c(n1)[nH]c(=O)c(=O)n2O. The number of hydrogen-bond acceptors (Lipinski definition) is 6. The van der Waals surface area contributed by atoms with E-state index in [9.17, 15) is 24.9 Å². The van der Waals surface area contributed by atoms with Crippen LogP contribution in [-0.2, 0) is 0 Å². The highest BCUT2D eigenvalue weighted by Crippen LogP contribution is 2.21. The molecule has 9 heteroatoms. The number of rotatable bonds is 1. The first kappa shape index (κ1) is 10.8. The third-order valence-corrected chi connectivity index (χ3v) is 2.13. The van der Waals surface area contributed by atoms with Gasteiger partial charge in [0.1, 0.15) is 0 Å². The van der Waals surface area contributed by atoms with E-state index in [2.05, 4.69) is 9.97 Å². The van der Waals surface area contributed by atoms with Crippen LogP contribution in [0.1, 0.15) is 5.69 Å². The van der Waals surface area contributed by atoms with Crippen molar-refractivity contribution >= 4 is 16.9 Å². The van der Waals surface area contributed by atoms with E-state index < -0.39 is 27.2 Å². The molecule has 0 spiro atoms. The van der Waals surface area contributed by atoms with Crippen molar-refractivity contribution in [2.24, 2.45) is 0 Å². The fraction of sp³-hybridized carbons (Fsp3) is 0.125. The van der Waals surface area contributed by atoms with Crippen molar-refractivity contribution in [3.8, 4) is 0 Å². The average Bonchev–Trinajstić information content (AvgIpc) is 2.24. The van der Waals surface area contributed by atoms with Gasteiger partial charge in [-0.3, -0.25) is 19.7 Å². The minimum Gasteiger partial charge on any atom is -0.424 e. The Balaban J connectivity index is 3.12. The lowest BCUT2D eigenvalue weighted by molar-refractivity contribution is -0.383. The molecule has 2 N–H and O–H groups in total. The third kappa shape index (κ3) is 1.53. The van der Waals surface area contributed by atoms with Gasteiger partial charge in [0, 0.05) is 11.8 Å². The summed E-state index contributed by atoms with van der Waals surface area (Å²) in [5.74, 6) is 0. The third-order valence-electron chi connectivity index (χ3n) is 2.13. The summed E-state index contributed by atoms with van der Waals surface area (Å²) < 4.78 is -0.0707. The fourth-order valence-corrected chi connectivity index (χ4v) is 1.44. The molecule has 0 aliphatic heterocycles. The molecule has 0 amide bonds. The number of pyridine rings is 1. The minimum absolute atomic E-state index is 0.0707. The first-order valence-corrected chi connectivity index (χ1v) is 4.42. The van der Waals surface area contributed by atoms with Gasteiger partial charge < -0.3 is 10.2 Å². The van der Waals surface area contributed by atoms with Crippen LogP contribution in [0.3, 0.4) is 0 Å². The van der Waals surface area contributed by atoms with Gasteiger partial charge in [-0.15, -0.1) is 4.73 Å². The number of nitrogens with zero attached hydrogens (tertiary/aromatic N) is 3. The molecule has 88 valence electrons. The normalized spacial score (nSPS) is 10.6. The van der Waals surface area contributed by atoms with E-state index >= 15 is 0 Å². The van der Waals surface area contributed by atoms with E-state index in [0.717, 1.165) is 6.07 Å². The number of nitrogens with one attached hydrogen (secondary N) is 1. The van der Waals surface area contributed by atoms with Crippen LogP contribution in [0, 0.1) is 17.0 Å². The lowest BCUT2D eigenvalue weighted by Gasteiger charge is -2.03. The van der Waals surface area contributed by atoms with Gasteiger partial charge in [0.05, 0.1) is 4.92 Å². The highest BCUT2D eigenvalue weighted by Gasteiger charge is 2.20. The van der Waals surface area contributed by atoms with Crippen molar-refractivity contribution in [2.75, 3.05) is 0 Å². The molecule has 0 aliphatic carbocycles. The smallest absolute Gasteiger partial charge is 0.349 e. The lowest BCUT2D eigenvalue weighted by atomic mass is 10.3. The molecule has 0 aromatic carbocycles. The summed E-state index contributed by atoms with van der Waals surface area (Å²) in [7, 11) is 0. The average molecular weight is 238 g/mol. The Bertz CT molecular complexity index is 744. The molecular formula is C8H6N4O5. The van der Waals surface area contributed by atoms with Crippen LogP contribution in [0.15, 0.2) is 15.7 Å². The number of aryl methyl sites for hydroxylation is 1. The van der Waals surface area contributed by atoms with Gasteiger partial charge in [0.15, 0.2) is 5.65 Å². The highest BCUT2D eigenvalue weighted by molar-refractivity contribution is 5.80. The topological polar surface area (TPSA) is 131 Å². The molecule has 0 aliphatic rings. The molecule has 0 saturated carbocycles. The van der Waals surface area contributed by atoms with E-state index in [0.29, 0.717) is 0 Å². The molecule has 2 aromatic rings. The minimum atomic E-state index is -1.30. The second-order valence-corrected chi connectivity index (χ2v) is 3.31. The molecule has 0 bridgehead atoms. The predicted molar refractivity (Wildman–Crippen MR) is 55.2 cm³/mol. The Morgan fingerprint density at radius 3 is 2.76 bits per heavy atom. The van der Waals surface area contributed by atoms with Gasteiger partial charge in [0.2, 0.25) is 5.52 Å². The maximum atomic E-state index is 11.2. The van der Waals surface area contributed by atoms with E-state index in [1.54, 1.807) is 0 Å². The number of nitro groups is 1. The summed E-state index contributed by atoms with van der Waals surface area (Å²) in [5.41, 5.74) is -3.30. The van der Waals surface area contributed by atoms with Crippen LogP contribution in [-0.4, -0.2) is 24.8 Å². The molecule has 0 fully saturated rings. The van der Waals surface area contributed by atoms with Gasteiger partial charge in [-0.05, 0) is 6.92 Å². The number of H-pyrrole nitrogens is 1. The van der Waals surface area contributed by atoms with Crippen LogP contribution in [0.4, 0.5) is 5.69 Å². The second-order valence-electron chi connectivity index (χ2n) is 3.31. The summed E-state index contributed by atoms with van der Waals surface area (Å²) >= 11 is 0. The monoisotopic (exact) mass is 238 g/mol. The summed E-state index contributed by atoms with van der Waals surface area (Å²) in [6.07, 6.45) is 0. The number of hydrogen-bond donors (Lipinski definition) is 2. The van der Waals surface area contributed by atoms with Crippen molar-refractivity contribution in [1.29, 1.82) is 0 Å². The highest BCUT2D eigenvalue weighted by atomic mass is 16.6. The van der Waals surface area contributed by atoms with E-state index in [4.69, 9.17) is 0 Å². The van der Waals surface area contributed by atoms with Gasteiger partial charge in [-0.2, -0.15) is 0 Å². The Morgan fingerprint density at radius 2 is 2.18 bits per heavy atom. The molecule has 2 rings (SSSR count). The molecule has 17 heavy (non-hydrogen) atoms. The lowest BCUT2D eigenvalue weighted by Crippen LogP contribution is -2.35. The van der Waals surface area contributed by atoms with Gasteiger partial charge in [0.25, 0.3) is 0 Å². The Kier molecular flexibility index (Phi) is 2.16. The van der Waals surface area contributed by atoms with Crippen molar-refractivity contribution in [3.05, 3.63) is 42.6 Å². The summed E-state index contributed by atoms with van der Waals surface area (Å²) in [6, 6.07) is 1.09. The largest absolute Gasteiger partial charge is 0.424 e. The molecule has 0 radical (unpaired) electrons. The Morgan fingerprint density at radius 1 is 1.53 bits per heavy atom. The first-order valence-electron chi connectivity index (χ1n) is 4.42. The Hall–Kier alpha value is -2.71. The van der Waals surface area contributed by atoms with Crippen LogP contribution in [0.2, 0.25) is 0 Å². The molecular weight excluding hydrogens is 232 g/mol. The zero-order chi connectivity index (χ0) is 12.7. The predicted octanol–water partition coefficient (Wildman–Crippen LogP) is -0.461. The standard InChI is InChI=1S/C8H6N4O5/c1-3-2-4(12(16)17)5-6(9-3)10-7(13)8(14)11(5)15/h2,15H,1H3,(H,9,10,13). The molecule has 0 saturated heterocycles. The van der Waals surface area contributed by atoms with Gasteiger partial charge in [-0.25, -0.2) is 4.98 Å². The maximum absolute atomic E-state index is 11.2. The zero-order valence-electron chi connectivity index (χ0n) is 8.50. The summed E-state index contributed by atoms with van der Waals surface area (Å²) in [4.78, 5) is 38.1. The molecule has 9 nitrogen and oxygen atoms in total. The van der Waals surface area contributed by atoms with Crippen LogP contribution in [0.5, 0.6) is 0 Å². The van der Waals surface area contributed by atoms with Crippen molar-refractivity contribution in [3.63, 3.8) is 0 Å². The molecule has 2 aromatic heterocycles. The van der Waals surface area contributed by atoms with Crippen LogP contribution in [0.25, 0.3) is 11.2 Å². The first-order chi connectivity index (χ1) is 7.91. The quantitative estimate of drug-likeness (QED) is 0.299.